The van der Waals surface area contributed by atoms with Crippen molar-refractivity contribution in [2.24, 2.45) is 0 Å². The SMILES string of the molecule is O=C(CNc1ccc(Oc2ccccc2)cc1)Nc1ccc(OCCCc2ccccc2)cc1. The number of aryl methyl sites for hydroxylation is 1. The zero-order valence-corrected chi connectivity index (χ0v) is 18.9. The molecule has 5 nitrogen and oxygen atoms in total. The Balaban J connectivity index is 1.16. The molecule has 5 heteroatoms. The fraction of sp³-hybridized carbons (Fsp3) is 0.138. The number of ether oxygens (including phenoxy) is 2. The molecule has 0 aliphatic heterocycles. The van der Waals surface area contributed by atoms with Gasteiger partial charge in [0.1, 0.15) is 17.2 Å². The van der Waals surface area contributed by atoms with Gasteiger partial charge in [-0.05, 0) is 79.1 Å². The lowest BCUT2D eigenvalue weighted by Gasteiger charge is -2.10. The maximum Gasteiger partial charge on any atom is 0.243 e. The van der Waals surface area contributed by atoms with E-state index < -0.39 is 0 Å². The maximum atomic E-state index is 12.3. The van der Waals surface area contributed by atoms with E-state index in [1.54, 1.807) is 0 Å². The molecule has 34 heavy (non-hydrogen) atoms. The first-order valence-electron chi connectivity index (χ1n) is 11.4. The van der Waals surface area contributed by atoms with Gasteiger partial charge in [0, 0.05) is 11.4 Å². The summed E-state index contributed by atoms with van der Waals surface area (Å²) in [5, 5.41) is 6.01. The number of carbonyl (C=O) groups excluding carboxylic acids is 1. The van der Waals surface area contributed by atoms with Crippen LogP contribution in [-0.4, -0.2) is 19.1 Å². The minimum atomic E-state index is -0.124. The van der Waals surface area contributed by atoms with Gasteiger partial charge in [-0.2, -0.15) is 0 Å². The number of hydrogen-bond acceptors (Lipinski definition) is 4. The van der Waals surface area contributed by atoms with Crippen LogP contribution in [0.4, 0.5) is 11.4 Å². The highest BCUT2D eigenvalue weighted by atomic mass is 16.5. The smallest absolute Gasteiger partial charge is 0.243 e. The molecule has 4 aromatic rings. The highest BCUT2D eigenvalue weighted by Gasteiger charge is 2.04. The highest BCUT2D eigenvalue weighted by molar-refractivity contribution is 5.93. The van der Waals surface area contributed by atoms with Crippen molar-refractivity contribution in [1.82, 2.24) is 0 Å². The van der Waals surface area contributed by atoms with Crippen LogP contribution in [0.3, 0.4) is 0 Å². The van der Waals surface area contributed by atoms with Crippen LogP contribution in [-0.2, 0) is 11.2 Å². The second kappa shape index (κ2) is 12.1. The fourth-order valence-electron chi connectivity index (χ4n) is 3.40. The topological polar surface area (TPSA) is 59.6 Å². The van der Waals surface area contributed by atoms with Crippen LogP contribution in [0.15, 0.2) is 109 Å². The Morgan fingerprint density at radius 2 is 1.24 bits per heavy atom. The van der Waals surface area contributed by atoms with E-state index in [-0.39, 0.29) is 12.5 Å². The van der Waals surface area contributed by atoms with Crippen LogP contribution in [0.5, 0.6) is 17.2 Å². The van der Waals surface area contributed by atoms with Crippen molar-refractivity contribution in [3.05, 3.63) is 115 Å². The Morgan fingerprint density at radius 3 is 1.94 bits per heavy atom. The molecule has 0 heterocycles. The van der Waals surface area contributed by atoms with Gasteiger partial charge in [0.05, 0.1) is 13.2 Å². The highest BCUT2D eigenvalue weighted by Crippen LogP contribution is 2.22. The van der Waals surface area contributed by atoms with Crippen molar-refractivity contribution in [3.63, 3.8) is 0 Å². The van der Waals surface area contributed by atoms with Gasteiger partial charge in [0.15, 0.2) is 0 Å². The first-order chi connectivity index (χ1) is 16.7. The molecule has 0 fully saturated rings. The lowest BCUT2D eigenvalue weighted by Crippen LogP contribution is -2.21. The largest absolute Gasteiger partial charge is 0.494 e. The van der Waals surface area contributed by atoms with Gasteiger partial charge in [-0.15, -0.1) is 0 Å². The second-order valence-corrected chi connectivity index (χ2v) is 7.80. The van der Waals surface area contributed by atoms with E-state index in [4.69, 9.17) is 9.47 Å². The number of amides is 1. The molecule has 172 valence electrons. The third-order valence-electron chi connectivity index (χ3n) is 5.15. The molecule has 0 saturated carbocycles. The molecule has 0 atom stereocenters. The number of anilines is 2. The van der Waals surface area contributed by atoms with Gasteiger partial charge >= 0.3 is 0 Å². The molecule has 2 N–H and O–H groups in total. The van der Waals surface area contributed by atoms with Crippen LogP contribution in [0, 0.1) is 0 Å². The summed E-state index contributed by atoms with van der Waals surface area (Å²) >= 11 is 0. The van der Waals surface area contributed by atoms with Gasteiger partial charge in [0.2, 0.25) is 5.91 Å². The van der Waals surface area contributed by atoms with Gasteiger partial charge in [0.25, 0.3) is 0 Å². The molecule has 4 rings (SSSR count). The van der Waals surface area contributed by atoms with Crippen molar-refractivity contribution in [1.29, 1.82) is 0 Å². The van der Waals surface area contributed by atoms with Gasteiger partial charge in [-0.25, -0.2) is 0 Å². The van der Waals surface area contributed by atoms with E-state index in [2.05, 4.69) is 34.9 Å². The first-order valence-corrected chi connectivity index (χ1v) is 11.4. The normalized spacial score (nSPS) is 10.4. The quantitative estimate of drug-likeness (QED) is 0.254. The summed E-state index contributed by atoms with van der Waals surface area (Å²) < 4.78 is 11.6. The van der Waals surface area contributed by atoms with Crippen LogP contribution in [0.25, 0.3) is 0 Å². The summed E-state index contributed by atoms with van der Waals surface area (Å²) in [5.41, 5.74) is 2.89. The number of nitrogens with one attached hydrogen (secondary N) is 2. The number of para-hydroxylation sites is 1. The second-order valence-electron chi connectivity index (χ2n) is 7.80. The Hall–Kier alpha value is -4.25. The predicted octanol–water partition coefficient (Wildman–Crippen LogP) is 6.54. The summed E-state index contributed by atoms with van der Waals surface area (Å²) in [6.07, 6.45) is 1.94. The molecule has 4 aromatic carbocycles. The van der Waals surface area contributed by atoms with Crippen LogP contribution < -0.4 is 20.1 Å². The third kappa shape index (κ3) is 7.41. The molecule has 0 aromatic heterocycles. The van der Waals surface area contributed by atoms with Crippen molar-refractivity contribution >= 4 is 17.3 Å². The summed E-state index contributed by atoms with van der Waals surface area (Å²) in [7, 11) is 0. The lowest BCUT2D eigenvalue weighted by atomic mass is 10.1. The van der Waals surface area contributed by atoms with E-state index in [0.29, 0.717) is 6.61 Å². The number of benzene rings is 4. The molecule has 0 unspecified atom stereocenters. The van der Waals surface area contributed by atoms with E-state index in [1.807, 2.05) is 84.9 Å². The first kappa shape index (κ1) is 22.9. The van der Waals surface area contributed by atoms with E-state index >= 15 is 0 Å². The van der Waals surface area contributed by atoms with Gasteiger partial charge in [-0.3, -0.25) is 4.79 Å². The van der Waals surface area contributed by atoms with Crippen molar-refractivity contribution in [2.75, 3.05) is 23.8 Å². The Bertz CT molecular complexity index is 1150. The van der Waals surface area contributed by atoms with E-state index in [0.717, 1.165) is 41.5 Å². The third-order valence-corrected chi connectivity index (χ3v) is 5.15. The maximum absolute atomic E-state index is 12.3. The average Bonchev–Trinajstić information content (AvgIpc) is 2.88. The predicted molar refractivity (Wildman–Crippen MR) is 137 cm³/mol. The molecule has 0 spiro atoms. The summed E-state index contributed by atoms with van der Waals surface area (Å²) in [5.74, 6) is 2.19. The fourth-order valence-corrected chi connectivity index (χ4v) is 3.40. The monoisotopic (exact) mass is 452 g/mol. The molecule has 0 aliphatic rings. The molecule has 1 amide bonds. The van der Waals surface area contributed by atoms with Crippen molar-refractivity contribution in [3.8, 4) is 17.2 Å². The zero-order chi connectivity index (χ0) is 23.4. The van der Waals surface area contributed by atoms with E-state index in [9.17, 15) is 4.79 Å². The van der Waals surface area contributed by atoms with Crippen LogP contribution in [0.1, 0.15) is 12.0 Å². The summed E-state index contributed by atoms with van der Waals surface area (Å²) in [6.45, 7) is 0.816. The van der Waals surface area contributed by atoms with Crippen LogP contribution in [0.2, 0.25) is 0 Å². The minimum Gasteiger partial charge on any atom is -0.494 e. The summed E-state index contributed by atoms with van der Waals surface area (Å²) in [4.78, 5) is 12.3. The number of carbonyl (C=O) groups is 1. The molecular formula is C29H28N2O3. The standard InChI is InChI=1S/C29H28N2O3/c32-29(22-30-24-13-19-28(20-14-24)34-27-11-5-2-6-12-27)31-25-15-17-26(18-16-25)33-21-7-10-23-8-3-1-4-9-23/h1-6,8-9,11-20,30H,7,10,21-22H2,(H,31,32). The molecular weight excluding hydrogens is 424 g/mol. The molecule has 0 aliphatic carbocycles. The van der Waals surface area contributed by atoms with Crippen molar-refractivity contribution < 1.29 is 14.3 Å². The molecule has 0 bridgehead atoms. The van der Waals surface area contributed by atoms with Gasteiger partial charge in [-0.1, -0.05) is 48.5 Å². The Morgan fingerprint density at radius 1 is 0.647 bits per heavy atom. The molecule has 0 radical (unpaired) electrons. The lowest BCUT2D eigenvalue weighted by molar-refractivity contribution is -0.114. The molecule has 0 saturated heterocycles. The van der Waals surface area contributed by atoms with Crippen LogP contribution >= 0.6 is 0 Å². The number of hydrogen-bond donors (Lipinski definition) is 2. The Kier molecular flexibility index (Phi) is 8.17. The average molecular weight is 453 g/mol. The minimum absolute atomic E-state index is 0.124. The summed E-state index contributed by atoms with van der Waals surface area (Å²) in [6, 6.07) is 34.9. The van der Waals surface area contributed by atoms with Gasteiger partial charge < -0.3 is 20.1 Å². The number of rotatable bonds is 11. The van der Waals surface area contributed by atoms with Crippen molar-refractivity contribution in [2.45, 2.75) is 12.8 Å². The zero-order valence-electron chi connectivity index (χ0n) is 18.9. The Labute approximate surface area is 200 Å². The van der Waals surface area contributed by atoms with E-state index in [1.165, 1.54) is 5.56 Å².